The molecule has 7 heteroatoms. The number of hydrogen-bond donors (Lipinski definition) is 2. The van der Waals surface area contributed by atoms with E-state index in [-0.39, 0.29) is 36.3 Å². The zero-order valence-electron chi connectivity index (χ0n) is 14.0. The average molecular weight is 392 g/mol. The van der Waals surface area contributed by atoms with Gasteiger partial charge < -0.3 is 10.6 Å². The Bertz CT molecular complexity index is 564. The molecule has 2 N–H and O–H groups in total. The Kier molecular flexibility index (Phi) is 6.57. The van der Waals surface area contributed by atoms with Gasteiger partial charge in [-0.3, -0.25) is 4.79 Å². The van der Waals surface area contributed by atoms with Crippen LogP contribution in [0.5, 0.6) is 0 Å². The minimum Gasteiger partial charge on any atom is -0.344 e. The Morgan fingerprint density at radius 1 is 1.33 bits per heavy atom. The summed E-state index contributed by atoms with van der Waals surface area (Å²) < 4.78 is 0. The lowest BCUT2D eigenvalue weighted by molar-refractivity contribution is -0.125. The van der Waals surface area contributed by atoms with E-state index in [4.69, 9.17) is 0 Å². The minimum absolute atomic E-state index is 0. The third kappa shape index (κ3) is 3.90. The Morgan fingerprint density at radius 3 is 2.50 bits per heavy atom. The molecule has 3 fully saturated rings. The number of carbonyl (C=O) groups is 1. The van der Waals surface area contributed by atoms with E-state index in [0.717, 1.165) is 23.5 Å². The summed E-state index contributed by atoms with van der Waals surface area (Å²) in [4.78, 5) is 17.2. The summed E-state index contributed by atoms with van der Waals surface area (Å²) in [7, 11) is 0. The summed E-state index contributed by atoms with van der Waals surface area (Å²) in [5.41, 5.74) is 0.914. The van der Waals surface area contributed by atoms with Gasteiger partial charge in [-0.2, -0.15) is 0 Å². The van der Waals surface area contributed by atoms with Crippen LogP contribution in [0.15, 0.2) is 5.38 Å². The number of amides is 1. The number of piperidine rings is 1. The van der Waals surface area contributed by atoms with Crippen molar-refractivity contribution in [1.82, 2.24) is 15.6 Å². The molecule has 0 spiro atoms. The first kappa shape index (κ1) is 20.0. The maximum atomic E-state index is 12.6. The van der Waals surface area contributed by atoms with Gasteiger partial charge in [-0.05, 0) is 57.8 Å². The van der Waals surface area contributed by atoms with Gasteiger partial charge in [0.15, 0.2) is 0 Å². The van der Waals surface area contributed by atoms with Crippen molar-refractivity contribution in [2.24, 2.45) is 5.92 Å². The summed E-state index contributed by atoms with van der Waals surface area (Å²) >= 11 is 1.70. The van der Waals surface area contributed by atoms with Gasteiger partial charge in [0.25, 0.3) is 0 Å². The second kappa shape index (κ2) is 7.90. The quantitative estimate of drug-likeness (QED) is 0.821. The first-order valence-electron chi connectivity index (χ1n) is 8.63. The molecule has 136 valence electrons. The second-order valence-electron chi connectivity index (χ2n) is 7.46. The van der Waals surface area contributed by atoms with E-state index in [9.17, 15) is 4.79 Å². The lowest BCUT2D eigenvalue weighted by Gasteiger charge is -2.41. The number of hydrogen-bond acceptors (Lipinski definition) is 4. The molecule has 0 radical (unpaired) electrons. The number of rotatable bonds is 4. The van der Waals surface area contributed by atoms with Crippen LogP contribution in [-0.2, 0) is 10.3 Å². The monoisotopic (exact) mass is 391 g/mol. The van der Waals surface area contributed by atoms with Gasteiger partial charge in [-0.25, -0.2) is 4.98 Å². The molecular weight excluding hydrogens is 365 g/mol. The van der Waals surface area contributed by atoms with Gasteiger partial charge in [-0.1, -0.05) is 0 Å². The zero-order chi connectivity index (χ0) is 15.2. The van der Waals surface area contributed by atoms with Gasteiger partial charge in [0.1, 0.15) is 5.01 Å². The Balaban J connectivity index is 0.00000104. The fourth-order valence-corrected chi connectivity index (χ4v) is 5.43. The number of nitrogens with one attached hydrogen (secondary N) is 2. The first-order chi connectivity index (χ1) is 10.6. The molecule has 2 aliphatic heterocycles. The number of thiazole rings is 1. The standard InChI is InChI=1S/C17H25N3OS.2ClH/c1-11-10-22-16(18-11)17(5-2-6-17)20-15(21)9-12-7-13-3-4-14(8-12)19-13;;/h10,12-14,19H,2-9H2,1H3,(H,20,21);2*1H. The third-order valence-corrected chi connectivity index (χ3v) is 6.82. The summed E-state index contributed by atoms with van der Waals surface area (Å²) in [6, 6.07) is 1.33. The summed E-state index contributed by atoms with van der Waals surface area (Å²) in [6.07, 6.45) is 8.92. The van der Waals surface area contributed by atoms with E-state index in [1.807, 2.05) is 6.92 Å². The molecular formula is C17H27Cl2N3OS. The zero-order valence-corrected chi connectivity index (χ0v) is 16.5. The maximum Gasteiger partial charge on any atom is 0.221 e. The number of fused-ring (bicyclic) bond motifs is 2. The fourth-order valence-electron chi connectivity index (χ4n) is 4.42. The van der Waals surface area contributed by atoms with Gasteiger partial charge in [-0.15, -0.1) is 36.2 Å². The average Bonchev–Trinajstić information content (AvgIpc) is 3.00. The van der Waals surface area contributed by atoms with Crippen LogP contribution in [0.2, 0.25) is 0 Å². The molecule has 2 saturated heterocycles. The highest BCUT2D eigenvalue weighted by Gasteiger charge is 2.43. The summed E-state index contributed by atoms with van der Waals surface area (Å²) in [6.45, 7) is 2.03. The van der Waals surface area contributed by atoms with Crippen LogP contribution in [0.25, 0.3) is 0 Å². The van der Waals surface area contributed by atoms with Crippen LogP contribution in [0.1, 0.15) is 62.1 Å². The topological polar surface area (TPSA) is 54.0 Å². The van der Waals surface area contributed by atoms with Gasteiger partial charge >= 0.3 is 0 Å². The lowest BCUT2D eigenvalue weighted by Crippen LogP contribution is -2.51. The van der Waals surface area contributed by atoms with E-state index in [1.54, 1.807) is 11.3 Å². The van der Waals surface area contributed by atoms with E-state index >= 15 is 0 Å². The number of aryl methyl sites for hydroxylation is 1. The highest BCUT2D eigenvalue weighted by molar-refractivity contribution is 7.09. The van der Waals surface area contributed by atoms with Crippen LogP contribution in [0.3, 0.4) is 0 Å². The van der Waals surface area contributed by atoms with Crippen LogP contribution < -0.4 is 10.6 Å². The number of halogens is 2. The first-order valence-corrected chi connectivity index (χ1v) is 9.51. The molecule has 2 unspecified atom stereocenters. The van der Waals surface area contributed by atoms with Crippen molar-refractivity contribution >= 4 is 42.1 Å². The molecule has 1 amide bonds. The van der Waals surface area contributed by atoms with E-state index in [2.05, 4.69) is 21.0 Å². The van der Waals surface area contributed by atoms with Crippen molar-refractivity contribution in [3.8, 4) is 0 Å². The predicted molar refractivity (Wildman–Crippen MR) is 102 cm³/mol. The van der Waals surface area contributed by atoms with Crippen molar-refractivity contribution < 1.29 is 4.79 Å². The smallest absolute Gasteiger partial charge is 0.221 e. The largest absolute Gasteiger partial charge is 0.344 e. The molecule has 24 heavy (non-hydrogen) atoms. The molecule has 1 saturated carbocycles. The molecule has 2 bridgehead atoms. The third-order valence-electron chi connectivity index (χ3n) is 5.66. The normalized spacial score (nSPS) is 29.8. The molecule has 3 heterocycles. The SMILES string of the molecule is Cc1csc(C2(NC(=O)CC3CC4CCC(C3)N4)CCC2)n1.Cl.Cl. The molecule has 3 aliphatic rings. The lowest BCUT2D eigenvalue weighted by atomic mass is 9.76. The van der Waals surface area contributed by atoms with E-state index < -0.39 is 0 Å². The van der Waals surface area contributed by atoms with Crippen molar-refractivity contribution in [3.63, 3.8) is 0 Å². The van der Waals surface area contributed by atoms with E-state index in [1.165, 1.54) is 32.1 Å². The van der Waals surface area contributed by atoms with Gasteiger partial charge in [0.05, 0.1) is 5.54 Å². The van der Waals surface area contributed by atoms with Crippen molar-refractivity contribution in [1.29, 1.82) is 0 Å². The number of aromatic nitrogens is 1. The number of carbonyl (C=O) groups excluding carboxylic acids is 1. The predicted octanol–water partition coefficient (Wildman–Crippen LogP) is 3.71. The Morgan fingerprint density at radius 2 is 2.00 bits per heavy atom. The molecule has 1 aliphatic carbocycles. The molecule has 0 aromatic carbocycles. The van der Waals surface area contributed by atoms with Gasteiger partial charge in [0.2, 0.25) is 5.91 Å². The highest BCUT2D eigenvalue weighted by Crippen LogP contribution is 2.43. The van der Waals surface area contributed by atoms with Gasteiger partial charge in [0, 0.05) is 29.6 Å². The molecule has 2 atom stereocenters. The highest BCUT2D eigenvalue weighted by atomic mass is 35.5. The van der Waals surface area contributed by atoms with Crippen LogP contribution >= 0.6 is 36.2 Å². The van der Waals surface area contributed by atoms with Crippen LogP contribution in [-0.4, -0.2) is 23.0 Å². The van der Waals surface area contributed by atoms with Crippen LogP contribution in [0, 0.1) is 12.8 Å². The summed E-state index contributed by atoms with van der Waals surface area (Å²) in [5, 5.41) is 10.2. The van der Waals surface area contributed by atoms with Crippen molar-refractivity contribution in [2.45, 2.75) is 75.9 Å². The minimum atomic E-state index is -0.151. The molecule has 4 rings (SSSR count). The second-order valence-corrected chi connectivity index (χ2v) is 8.32. The Labute approximate surface area is 160 Å². The summed E-state index contributed by atoms with van der Waals surface area (Å²) in [5.74, 6) is 0.799. The van der Waals surface area contributed by atoms with Crippen LogP contribution in [0.4, 0.5) is 0 Å². The fraction of sp³-hybridized carbons (Fsp3) is 0.765. The van der Waals surface area contributed by atoms with Crippen molar-refractivity contribution in [3.05, 3.63) is 16.1 Å². The molecule has 1 aromatic rings. The molecule has 4 nitrogen and oxygen atoms in total. The Hall–Kier alpha value is -0.360. The number of nitrogens with zero attached hydrogens (tertiary/aromatic N) is 1. The molecule has 1 aromatic heterocycles. The van der Waals surface area contributed by atoms with E-state index in [0.29, 0.717) is 24.4 Å². The maximum absolute atomic E-state index is 12.6. The van der Waals surface area contributed by atoms with Crippen molar-refractivity contribution in [2.75, 3.05) is 0 Å².